The number of amides is 1. The summed E-state index contributed by atoms with van der Waals surface area (Å²) < 4.78 is 5.18. The van der Waals surface area contributed by atoms with E-state index in [1.54, 1.807) is 0 Å². The Hall–Kier alpha value is -0.990. The molecule has 0 saturated heterocycles. The molecule has 0 fully saturated rings. The maximum Gasteiger partial charge on any atom is 0.408 e. The van der Waals surface area contributed by atoms with Crippen molar-refractivity contribution >= 4 is 6.09 Å². The van der Waals surface area contributed by atoms with Gasteiger partial charge in [0.25, 0.3) is 0 Å². The Bertz CT molecular complexity index is 269. The number of carbonyl (C=O) groups excluding carboxylic acids is 1. The van der Waals surface area contributed by atoms with Crippen LogP contribution in [0, 0.1) is 5.41 Å². The van der Waals surface area contributed by atoms with E-state index in [4.69, 9.17) is 4.74 Å². The van der Waals surface area contributed by atoms with Crippen LogP contribution in [0.25, 0.3) is 0 Å². The Morgan fingerprint density at radius 1 is 1.19 bits per heavy atom. The molecule has 1 N–H and O–H groups in total. The second kappa shape index (κ2) is 4.89. The number of ether oxygens (including phenoxy) is 1. The third kappa shape index (κ3) is 5.79. The largest absolute Gasteiger partial charge is 0.444 e. The van der Waals surface area contributed by atoms with Crippen LogP contribution in [0.3, 0.4) is 0 Å². The third-order valence-electron chi connectivity index (χ3n) is 2.22. The Morgan fingerprint density at radius 3 is 1.94 bits per heavy atom. The molecule has 0 saturated carbocycles. The molecule has 0 heterocycles. The Morgan fingerprint density at radius 2 is 1.62 bits per heavy atom. The number of hydrogen-bond acceptors (Lipinski definition) is 2. The van der Waals surface area contributed by atoms with E-state index in [9.17, 15) is 4.79 Å². The summed E-state index contributed by atoms with van der Waals surface area (Å²) in [5.41, 5.74) is 0.500. The lowest BCUT2D eigenvalue weighted by Crippen LogP contribution is -2.40. The van der Waals surface area contributed by atoms with Gasteiger partial charge in [0.1, 0.15) is 5.60 Å². The zero-order valence-electron chi connectivity index (χ0n) is 11.6. The van der Waals surface area contributed by atoms with Crippen molar-refractivity contribution in [1.29, 1.82) is 0 Å². The minimum Gasteiger partial charge on any atom is -0.444 e. The summed E-state index contributed by atoms with van der Waals surface area (Å²) in [6.45, 7) is 17.7. The molecule has 94 valence electrons. The topological polar surface area (TPSA) is 38.3 Å². The molecular weight excluding hydrogens is 202 g/mol. The lowest BCUT2D eigenvalue weighted by Gasteiger charge is -2.28. The van der Waals surface area contributed by atoms with E-state index in [1.807, 2.05) is 27.7 Å². The average Bonchev–Trinajstić information content (AvgIpc) is 1.96. The van der Waals surface area contributed by atoms with E-state index in [2.05, 4.69) is 32.7 Å². The van der Waals surface area contributed by atoms with E-state index < -0.39 is 11.7 Å². The van der Waals surface area contributed by atoms with Crippen molar-refractivity contribution in [2.75, 3.05) is 0 Å². The lowest BCUT2D eigenvalue weighted by molar-refractivity contribution is 0.0512. The number of carbonyl (C=O) groups is 1. The summed E-state index contributed by atoms with van der Waals surface area (Å²) in [7, 11) is 0. The summed E-state index contributed by atoms with van der Waals surface area (Å²) in [4.78, 5) is 11.5. The second-order valence-corrected chi connectivity index (χ2v) is 6.14. The molecule has 1 amide bonds. The molecule has 0 bridgehead atoms. The van der Waals surface area contributed by atoms with Crippen LogP contribution in [-0.4, -0.2) is 17.7 Å². The minimum atomic E-state index is -0.465. The van der Waals surface area contributed by atoms with E-state index in [0.29, 0.717) is 0 Å². The van der Waals surface area contributed by atoms with Crippen molar-refractivity contribution in [3.63, 3.8) is 0 Å². The van der Waals surface area contributed by atoms with Gasteiger partial charge in [0, 0.05) is 0 Å². The number of nitrogens with one attached hydrogen (secondary N) is 1. The van der Waals surface area contributed by atoms with Crippen LogP contribution in [0.1, 0.15) is 48.5 Å². The molecule has 0 aromatic rings. The van der Waals surface area contributed by atoms with Gasteiger partial charge in [-0.15, -0.1) is 0 Å². The molecule has 16 heavy (non-hydrogen) atoms. The number of alkyl carbamates (subject to hydrolysis) is 1. The Labute approximate surface area is 99.3 Å². The molecule has 0 spiro atoms. The van der Waals surface area contributed by atoms with Gasteiger partial charge in [0.15, 0.2) is 0 Å². The maximum absolute atomic E-state index is 11.5. The number of hydrogen-bond donors (Lipinski definition) is 1. The molecule has 0 radical (unpaired) electrons. The van der Waals surface area contributed by atoms with Gasteiger partial charge in [-0.25, -0.2) is 4.79 Å². The van der Waals surface area contributed by atoms with Gasteiger partial charge in [-0.1, -0.05) is 27.4 Å². The van der Waals surface area contributed by atoms with Crippen molar-refractivity contribution in [3.05, 3.63) is 12.2 Å². The first kappa shape index (κ1) is 15.0. The molecule has 0 aliphatic carbocycles. The van der Waals surface area contributed by atoms with Gasteiger partial charge >= 0.3 is 6.09 Å². The zero-order valence-corrected chi connectivity index (χ0v) is 11.6. The van der Waals surface area contributed by atoms with Gasteiger partial charge < -0.3 is 10.1 Å². The van der Waals surface area contributed by atoms with Crippen LogP contribution < -0.4 is 5.32 Å². The van der Waals surface area contributed by atoms with Crippen molar-refractivity contribution in [1.82, 2.24) is 5.32 Å². The van der Waals surface area contributed by atoms with E-state index >= 15 is 0 Å². The first-order valence-corrected chi connectivity index (χ1v) is 5.62. The van der Waals surface area contributed by atoms with Crippen LogP contribution >= 0.6 is 0 Å². The van der Waals surface area contributed by atoms with Crippen molar-refractivity contribution in [3.8, 4) is 0 Å². The normalized spacial score (nSPS) is 14.2. The van der Waals surface area contributed by atoms with Crippen molar-refractivity contribution in [2.45, 2.75) is 60.1 Å². The van der Waals surface area contributed by atoms with Gasteiger partial charge in [-0.3, -0.25) is 0 Å². The highest BCUT2D eigenvalue weighted by Crippen LogP contribution is 2.26. The van der Waals surface area contributed by atoms with Crippen molar-refractivity contribution < 1.29 is 9.53 Å². The lowest BCUT2D eigenvalue weighted by atomic mass is 9.84. The van der Waals surface area contributed by atoms with Gasteiger partial charge in [0.2, 0.25) is 0 Å². The van der Waals surface area contributed by atoms with Gasteiger partial charge in [0.05, 0.1) is 6.04 Å². The summed E-state index contributed by atoms with van der Waals surface area (Å²) in [6.07, 6.45) is -0.398. The fraction of sp³-hybridized carbons (Fsp3) is 0.769. The molecule has 1 unspecified atom stereocenters. The fourth-order valence-electron chi connectivity index (χ4n) is 1.22. The minimum absolute atomic E-state index is 0.0194. The first-order valence-electron chi connectivity index (χ1n) is 5.62. The van der Waals surface area contributed by atoms with Crippen LogP contribution in [0.15, 0.2) is 12.2 Å². The van der Waals surface area contributed by atoms with E-state index in [0.717, 1.165) is 5.57 Å². The smallest absolute Gasteiger partial charge is 0.408 e. The highest BCUT2D eigenvalue weighted by atomic mass is 16.6. The zero-order chi connectivity index (χ0) is 13.1. The van der Waals surface area contributed by atoms with Gasteiger partial charge in [-0.05, 0) is 38.7 Å². The Kier molecular flexibility index (Phi) is 4.59. The molecule has 0 aliphatic rings. The van der Waals surface area contributed by atoms with Crippen LogP contribution in [0.2, 0.25) is 0 Å². The fourth-order valence-corrected chi connectivity index (χ4v) is 1.22. The van der Waals surface area contributed by atoms with Crippen LogP contribution in [0.5, 0.6) is 0 Å². The molecule has 1 atom stereocenters. The van der Waals surface area contributed by atoms with Gasteiger partial charge in [-0.2, -0.15) is 0 Å². The highest BCUT2D eigenvalue weighted by molar-refractivity contribution is 5.68. The summed E-state index contributed by atoms with van der Waals surface area (Å²) in [6, 6.07) is -0.0881. The molecule has 0 aromatic carbocycles. The van der Waals surface area contributed by atoms with Crippen LogP contribution in [0.4, 0.5) is 4.79 Å². The second-order valence-electron chi connectivity index (χ2n) is 6.14. The van der Waals surface area contributed by atoms with Crippen LogP contribution in [-0.2, 0) is 4.74 Å². The molecule has 0 aliphatic heterocycles. The monoisotopic (exact) mass is 227 g/mol. The third-order valence-corrected chi connectivity index (χ3v) is 2.22. The van der Waals surface area contributed by atoms with E-state index in [1.165, 1.54) is 0 Å². The van der Waals surface area contributed by atoms with Crippen molar-refractivity contribution in [2.24, 2.45) is 5.41 Å². The summed E-state index contributed by atoms with van der Waals surface area (Å²) in [5, 5.41) is 2.78. The quantitative estimate of drug-likeness (QED) is 0.733. The maximum atomic E-state index is 11.5. The number of rotatable bonds is 2. The SMILES string of the molecule is C=C(C(C)NC(=O)OC(C)(C)C)C(C)(C)C. The molecule has 3 nitrogen and oxygen atoms in total. The summed E-state index contributed by atoms with van der Waals surface area (Å²) >= 11 is 0. The standard InChI is InChI=1S/C13H25NO2/c1-9(12(3,4)5)10(2)14-11(15)16-13(6,7)8/h10H,1H2,2-8H3,(H,14,15). The Balaban J connectivity index is 4.32. The van der Waals surface area contributed by atoms with E-state index in [-0.39, 0.29) is 11.5 Å². The molecule has 0 aromatic heterocycles. The summed E-state index contributed by atoms with van der Waals surface area (Å²) in [5.74, 6) is 0. The predicted molar refractivity (Wildman–Crippen MR) is 67.4 cm³/mol. The highest BCUT2D eigenvalue weighted by Gasteiger charge is 2.23. The molecule has 3 heteroatoms. The molecular formula is C13H25NO2. The predicted octanol–water partition coefficient (Wildman–Crippen LogP) is 3.50. The average molecular weight is 227 g/mol. The molecule has 0 rings (SSSR count). The first-order chi connectivity index (χ1) is 6.93.